The Kier molecular flexibility index (Phi) is 71.3. The van der Waals surface area contributed by atoms with Crippen molar-refractivity contribution in [3.8, 4) is 0 Å². The van der Waals surface area contributed by atoms with Crippen molar-refractivity contribution in [2.75, 3.05) is 0 Å². The quantitative estimate of drug-likeness (QED) is 0.300. The molecule has 0 aliphatic heterocycles. The molecule has 0 aliphatic rings. The maximum absolute atomic E-state index is 7.72. The second kappa shape index (κ2) is 17.8. The number of hydrogen-bond donors (Lipinski definition) is 0. The van der Waals surface area contributed by atoms with Crippen LogP contribution in [0.4, 0.5) is 0 Å². The smallest absolute Gasteiger partial charge is 1.00 e. The van der Waals surface area contributed by atoms with Crippen molar-refractivity contribution >= 4 is 49.6 Å². The summed E-state index contributed by atoms with van der Waals surface area (Å²) in [5.74, 6) is 0. The summed E-state index contributed by atoms with van der Waals surface area (Å²) in [5, 5.41) is 0. The molecule has 0 heterocycles. The van der Waals surface area contributed by atoms with Crippen LogP contribution in [0.3, 0.4) is 0 Å². The first-order chi connectivity index (χ1) is 1.00. The molecule has 18 valence electrons. The van der Waals surface area contributed by atoms with E-state index in [2.05, 4.69) is 11.9 Å². The zero-order valence-electron chi connectivity index (χ0n) is 4.49. The van der Waals surface area contributed by atoms with Gasteiger partial charge in [0.1, 0.15) is 0 Å². The summed E-state index contributed by atoms with van der Waals surface area (Å²) in [7, 11) is 0. The predicted molar refractivity (Wildman–Crippen MR) is 13.8 cm³/mol. The molecule has 0 saturated carbocycles. The van der Waals surface area contributed by atoms with Gasteiger partial charge >= 0.3 is 67.3 Å². The molecule has 0 aromatic carbocycles. The molecule has 4 heavy (non-hydrogen) atoms. The molecule has 1 nitrogen and oxygen atoms in total. The Morgan fingerprint density at radius 2 is 1.50 bits per heavy atom. The Labute approximate surface area is 85.1 Å². The van der Waals surface area contributed by atoms with Gasteiger partial charge in [0, 0.05) is 0 Å². The summed E-state index contributed by atoms with van der Waals surface area (Å²) >= 11 is 3.39. The first-order valence-corrected chi connectivity index (χ1v) is 0.463. The first-order valence-electron chi connectivity index (χ1n) is 0.154. The third kappa shape index (κ3) is 8.82. The van der Waals surface area contributed by atoms with E-state index in [9.17, 15) is 0 Å². The van der Waals surface area contributed by atoms with Crippen molar-refractivity contribution in [1.82, 2.24) is 0 Å². The SMILES string of the molecule is [Ca+2].[H-].[H-].[Na+].[O-]Cl. The molecule has 0 atom stereocenters. The fourth-order valence-corrected chi connectivity index (χ4v) is 0. The van der Waals surface area contributed by atoms with Crippen LogP contribution in [-0.4, -0.2) is 37.7 Å². The van der Waals surface area contributed by atoms with Crippen LogP contribution in [-0.2, 0) is 0 Å². The maximum atomic E-state index is 7.72. The van der Waals surface area contributed by atoms with Gasteiger partial charge in [-0.15, -0.1) is 0 Å². The monoisotopic (exact) mass is 116 g/mol. The first kappa shape index (κ1) is 16.0. The molecule has 4 heteroatoms. The molecule has 0 spiro atoms. The van der Waals surface area contributed by atoms with Crippen molar-refractivity contribution in [3.63, 3.8) is 0 Å². The van der Waals surface area contributed by atoms with Gasteiger partial charge < -0.3 is 7.51 Å². The van der Waals surface area contributed by atoms with Crippen LogP contribution in [0.2, 0.25) is 0 Å². The van der Waals surface area contributed by atoms with E-state index in [-0.39, 0.29) is 70.1 Å². The van der Waals surface area contributed by atoms with E-state index in [4.69, 9.17) is 4.66 Å². The Hall–Kier alpha value is 2.51. The Morgan fingerprint density at radius 1 is 1.50 bits per heavy atom. The topological polar surface area (TPSA) is 23.1 Å². The molecule has 0 unspecified atom stereocenters. The predicted octanol–water partition coefficient (Wildman–Crippen LogP) is -3.65. The fourth-order valence-electron chi connectivity index (χ4n) is 0. The molecule has 0 bridgehead atoms. The Bertz CT molecular complexity index is 13.5. The van der Waals surface area contributed by atoms with E-state index in [0.29, 0.717) is 0 Å². The third-order valence-electron chi connectivity index (χ3n) is 0. The van der Waals surface area contributed by atoms with E-state index >= 15 is 0 Å². The zero-order valence-corrected chi connectivity index (χ0v) is 7.46. The molecule has 0 aromatic heterocycles. The second-order valence-corrected chi connectivity index (χ2v) is 0. The van der Waals surface area contributed by atoms with Gasteiger partial charge in [-0.3, -0.25) is 0 Å². The summed E-state index contributed by atoms with van der Waals surface area (Å²) in [5.41, 5.74) is 0. The molecule has 0 aliphatic carbocycles. The van der Waals surface area contributed by atoms with Gasteiger partial charge in [-0.25, -0.2) is 11.9 Å². The van der Waals surface area contributed by atoms with Gasteiger partial charge in [0.2, 0.25) is 0 Å². The summed E-state index contributed by atoms with van der Waals surface area (Å²) in [6.07, 6.45) is 0. The van der Waals surface area contributed by atoms with Crippen molar-refractivity contribution < 1.29 is 37.1 Å². The molecular formula is H2CaClNaO. The zero-order chi connectivity index (χ0) is 2.00. The minimum Gasteiger partial charge on any atom is -1.00 e. The molecule has 0 amide bonds. The van der Waals surface area contributed by atoms with Crippen molar-refractivity contribution in [1.29, 1.82) is 0 Å². The Morgan fingerprint density at radius 3 is 1.50 bits per heavy atom. The van der Waals surface area contributed by atoms with Crippen LogP contribution < -0.4 is 34.2 Å². The van der Waals surface area contributed by atoms with Crippen molar-refractivity contribution in [2.24, 2.45) is 0 Å². The average Bonchev–Trinajstić information content (AvgIpc) is 1.00. The summed E-state index contributed by atoms with van der Waals surface area (Å²) in [4.78, 5) is 0. The largest absolute Gasteiger partial charge is 2.00 e. The van der Waals surface area contributed by atoms with Gasteiger partial charge in [-0.05, 0) is 0 Å². The summed E-state index contributed by atoms with van der Waals surface area (Å²) in [6.45, 7) is 0. The minimum atomic E-state index is 0. The summed E-state index contributed by atoms with van der Waals surface area (Å²) in [6, 6.07) is 0. The van der Waals surface area contributed by atoms with Crippen LogP contribution >= 0.6 is 11.9 Å². The normalized spacial score (nSPS) is 1.50. The van der Waals surface area contributed by atoms with Crippen LogP contribution in [0, 0.1) is 0 Å². The molecule has 0 rings (SSSR count). The summed E-state index contributed by atoms with van der Waals surface area (Å²) < 4.78 is 7.72. The molecule has 0 aromatic rings. The molecular weight excluding hydrogens is 115 g/mol. The molecule has 0 N–H and O–H groups in total. The molecule has 0 saturated heterocycles. The molecule has 0 radical (unpaired) electrons. The van der Waals surface area contributed by atoms with E-state index in [1.54, 1.807) is 0 Å². The van der Waals surface area contributed by atoms with Crippen LogP contribution in [0.25, 0.3) is 0 Å². The number of halogens is 1. The fraction of sp³-hybridized carbons (Fsp3) is 0. The van der Waals surface area contributed by atoms with Gasteiger partial charge in [-0.1, -0.05) is 0 Å². The van der Waals surface area contributed by atoms with Crippen LogP contribution in [0.5, 0.6) is 0 Å². The minimum absolute atomic E-state index is 0. The third-order valence-corrected chi connectivity index (χ3v) is 0. The van der Waals surface area contributed by atoms with Gasteiger partial charge in [0.15, 0.2) is 0 Å². The van der Waals surface area contributed by atoms with E-state index in [0.717, 1.165) is 0 Å². The molecule has 0 fully saturated rings. The van der Waals surface area contributed by atoms with Gasteiger partial charge in [0.25, 0.3) is 0 Å². The van der Waals surface area contributed by atoms with E-state index in [1.165, 1.54) is 0 Å². The average molecular weight is 117 g/mol. The van der Waals surface area contributed by atoms with Crippen LogP contribution in [0.15, 0.2) is 0 Å². The Balaban J connectivity index is -0.000000000833. The van der Waals surface area contributed by atoms with Crippen LogP contribution in [0.1, 0.15) is 2.85 Å². The van der Waals surface area contributed by atoms with Gasteiger partial charge in [-0.2, -0.15) is 0 Å². The van der Waals surface area contributed by atoms with Crippen molar-refractivity contribution in [2.45, 2.75) is 0 Å². The second-order valence-electron chi connectivity index (χ2n) is 0. The van der Waals surface area contributed by atoms with E-state index in [1.807, 2.05) is 0 Å². The standard InChI is InChI=1S/Ca.ClO.Na.2H/c;1-2;;;/q+2;-1;+1;2*-1. The maximum Gasteiger partial charge on any atom is 2.00 e. The van der Waals surface area contributed by atoms with Crippen molar-refractivity contribution in [3.05, 3.63) is 0 Å². The van der Waals surface area contributed by atoms with E-state index < -0.39 is 0 Å². The number of rotatable bonds is 0. The number of hydrogen-bond acceptors (Lipinski definition) is 1. The van der Waals surface area contributed by atoms with Gasteiger partial charge in [0.05, 0.1) is 0 Å².